The van der Waals surface area contributed by atoms with Crippen LogP contribution in [0.2, 0.25) is 0 Å². The lowest BCUT2D eigenvalue weighted by atomic mass is 9.99. The molecule has 0 aliphatic heterocycles. The number of nitrogens with one attached hydrogen (secondary N) is 2. The number of carboxylic acid groups (broad SMARTS) is 1. The second kappa shape index (κ2) is 6.91. The van der Waals surface area contributed by atoms with Crippen LogP contribution in [0.3, 0.4) is 0 Å². The number of methoxy groups -OCH3 is 1. The van der Waals surface area contributed by atoms with Gasteiger partial charge in [-0.15, -0.1) is 0 Å². The number of anilines is 1. The molecule has 1 amide bonds. The van der Waals surface area contributed by atoms with E-state index in [2.05, 4.69) is 10.6 Å². The molecular weight excluding hydrogens is 260 g/mol. The van der Waals surface area contributed by atoms with Crippen molar-refractivity contribution in [3.8, 4) is 5.75 Å². The predicted molar refractivity (Wildman–Crippen MR) is 76.0 cm³/mol. The van der Waals surface area contributed by atoms with Crippen molar-refractivity contribution >= 4 is 17.6 Å². The smallest absolute Gasteiger partial charge is 0.323 e. The molecule has 6 nitrogen and oxygen atoms in total. The summed E-state index contributed by atoms with van der Waals surface area (Å²) in [6.45, 7) is 3.21. The summed E-state index contributed by atoms with van der Waals surface area (Å²) in [5, 5.41) is 14.5. The Morgan fingerprint density at radius 1 is 1.35 bits per heavy atom. The van der Waals surface area contributed by atoms with Gasteiger partial charge in [0.05, 0.1) is 19.3 Å². The molecule has 0 fully saturated rings. The van der Waals surface area contributed by atoms with Crippen LogP contribution >= 0.6 is 0 Å². The molecule has 0 bridgehead atoms. The zero-order valence-electron chi connectivity index (χ0n) is 11.9. The Morgan fingerprint density at radius 2 is 2.00 bits per heavy atom. The second-order valence-corrected chi connectivity index (χ2v) is 4.59. The van der Waals surface area contributed by atoms with Crippen molar-refractivity contribution in [1.29, 1.82) is 0 Å². The maximum atomic E-state index is 11.8. The lowest BCUT2D eigenvalue weighted by molar-refractivity contribution is -0.144. The van der Waals surface area contributed by atoms with Crippen LogP contribution in [0.1, 0.15) is 20.3 Å². The van der Waals surface area contributed by atoms with Crippen LogP contribution in [0.15, 0.2) is 24.3 Å². The Morgan fingerprint density at radius 3 is 2.55 bits per heavy atom. The molecule has 0 saturated carbocycles. The highest BCUT2D eigenvalue weighted by atomic mass is 16.5. The van der Waals surface area contributed by atoms with E-state index in [1.165, 1.54) is 7.11 Å². The molecule has 0 radical (unpaired) electrons. The number of carbonyl (C=O) groups excluding carboxylic acids is 1. The summed E-state index contributed by atoms with van der Waals surface area (Å²) in [5.41, 5.74) is -0.562. The number of aliphatic carboxylic acids is 1. The van der Waals surface area contributed by atoms with E-state index in [-0.39, 0.29) is 12.5 Å². The minimum atomic E-state index is -1.11. The van der Waals surface area contributed by atoms with Crippen LogP contribution in [-0.4, -0.2) is 36.2 Å². The van der Waals surface area contributed by atoms with Gasteiger partial charge < -0.3 is 15.2 Å². The fourth-order valence-corrected chi connectivity index (χ4v) is 1.57. The summed E-state index contributed by atoms with van der Waals surface area (Å²) >= 11 is 0. The van der Waals surface area contributed by atoms with Crippen molar-refractivity contribution in [2.45, 2.75) is 25.8 Å². The summed E-state index contributed by atoms with van der Waals surface area (Å²) in [6.07, 6.45) is 0.379. The number of benzene rings is 1. The maximum Gasteiger partial charge on any atom is 0.323 e. The molecule has 6 heteroatoms. The van der Waals surface area contributed by atoms with Gasteiger partial charge in [0.2, 0.25) is 5.91 Å². The molecule has 0 saturated heterocycles. The van der Waals surface area contributed by atoms with E-state index in [4.69, 9.17) is 9.84 Å². The summed E-state index contributed by atoms with van der Waals surface area (Å²) in [4.78, 5) is 23.0. The third kappa shape index (κ3) is 3.96. The van der Waals surface area contributed by atoms with Gasteiger partial charge >= 0.3 is 5.97 Å². The Bertz CT molecular complexity index is 490. The molecule has 1 aromatic carbocycles. The maximum absolute atomic E-state index is 11.8. The topological polar surface area (TPSA) is 87.7 Å². The largest absolute Gasteiger partial charge is 0.495 e. The zero-order valence-corrected chi connectivity index (χ0v) is 11.9. The molecular formula is C14H20N2O4. The van der Waals surface area contributed by atoms with Crippen molar-refractivity contribution in [2.24, 2.45) is 0 Å². The van der Waals surface area contributed by atoms with E-state index < -0.39 is 11.5 Å². The number of carboxylic acids is 1. The van der Waals surface area contributed by atoms with Crippen LogP contribution in [0, 0.1) is 0 Å². The highest BCUT2D eigenvalue weighted by molar-refractivity contribution is 5.94. The second-order valence-electron chi connectivity index (χ2n) is 4.59. The van der Waals surface area contributed by atoms with Gasteiger partial charge in [0.1, 0.15) is 11.3 Å². The van der Waals surface area contributed by atoms with Gasteiger partial charge in [-0.25, -0.2) is 0 Å². The quantitative estimate of drug-likeness (QED) is 0.704. The molecule has 110 valence electrons. The van der Waals surface area contributed by atoms with Crippen molar-refractivity contribution < 1.29 is 19.4 Å². The lowest BCUT2D eigenvalue weighted by Gasteiger charge is -2.24. The van der Waals surface area contributed by atoms with E-state index in [0.29, 0.717) is 17.9 Å². The van der Waals surface area contributed by atoms with E-state index in [1.54, 1.807) is 38.1 Å². The van der Waals surface area contributed by atoms with Gasteiger partial charge in [-0.05, 0) is 25.5 Å². The van der Waals surface area contributed by atoms with Crippen molar-refractivity contribution in [3.63, 3.8) is 0 Å². The highest BCUT2D eigenvalue weighted by Crippen LogP contribution is 2.22. The first-order valence-electron chi connectivity index (χ1n) is 6.34. The SMILES string of the molecule is CCC(C)(NCC(=O)Nc1ccccc1OC)C(=O)O. The number of amides is 1. The molecule has 1 atom stereocenters. The molecule has 1 rings (SSSR count). The van der Waals surface area contributed by atoms with Crippen LogP contribution in [0.25, 0.3) is 0 Å². The number of carbonyl (C=O) groups is 2. The molecule has 0 heterocycles. The Labute approximate surface area is 118 Å². The highest BCUT2D eigenvalue weighted by Gasteiger charge is 2.30. The number of hydrogen-bond acceptors (Lipinski definition) is 4. The molecule has 0 aromatic heterocycles. The van der Waals surface area contributed by atoms with Crippen LogP contribution in [-0.2, 0) is 9.59 Å². The Kier molecular flexibility index (Phi) is 5.52. The number of rotatable bonds is 7. The monoisotopic (exact) mass is 280 g/mol. The normalized spacial score (nSPS) is 13.3. The van der Waals surface area contributed by atoms with Crippen LogP contribution < -0.4 is 15.4 Å². The van der Waals surface area contributed by atoms with Gasteiger partial charge in [-0.2, -0.15) is 0 Å². The van der Waals surface area contributed by atoms with Crippen molar-refractivity contribution in [1.82, 2.24) is 5.32 Å². The molecule has 0 spiro atoms. The van der Waals surface area contributed by atoms with Crippen molar-refractivity contribution in [3.05, 3.63) is 24.3 Å². The third-order valence-electron chi connectivity index (χ3n) is 3.20. The van der Waals surface area contributed by atoms with Gasteiger partial charge in [0, 0.05) is 0 Å². The minimum absolute atomic E-state index is 0.0886. The van der Waals surface area contributed by atoms with Gasteiger partial charge in [-0.3, -0.25) is 14.9 Å². The summed E-state index contributed by atoms with van der Waals surface area (Å²) < 4.78 is 5.12. The average molecular weight is 280 g/mol. The fraction of sp³-hybridized carbons (Fsp3) is 0.429. The molecule has 3 N–H and O–H groups in total. The van der Waals surface area contributed by atoms with E-state index in [9.17, 15) is 9.59 Å². The fourth-order valence-electron chi connectivity index (χ4n) is 1.57. The van der Waals surface area contributed by atoms with Crippen LogP contribution in [0.5, 0.6) is 5.75 Å². The number of ether oxygens (including phenoxy) is 1. The number of hydrogen-bond donors (Lipinski definition) is 3. The summed E-state index contributed by atoms with van der Waals surface area (Å²) in [5.74, 6) is -0.752. The third-order valence-corrected chi connectivity index (χ3v) is 3.20. The minimum Gasteiger partial charge on any atom is -0.495 e. The zero-order chi connectivity index (χ0) is 15.2. The Hall–Kier alpha value is -2.08. The molecule has 1 aromatic rings. The van der Waals surface area contributed by atoms with E-state index in [1.807, 2.05) is 0 Å². The average Bonchev–Trinajstić information content (AvgIpc) is 2.45. The van der Waals surface area contributed by atoms with Gasteiger partial charge in [0.25, 0.3) is 0 Å². The molecule has 1 unspecified atom stereocenters. The summed E-state index contributed by atoms with van der Waals surface area (Å²) in [7, 11) is 1.52. The molecule has 0 aliphatic carbocycles. The van der Waals surface area contributed by atoms with Crippen molar-refractivity contribution in [2.75, 3.05) is 19.0 Å². The van der Waals surface area contributed by atoms with E-state index >= 15 is 0 Å². The number of para-hydroxylation sites is 2. The first-order chi connectivity index (χ1) is 9.42. The van der Waals surface area contributed by atoms with E-state index in [0.717, 1.165) is 0 Å². The lowest BCUT2D eigenvalue weighted by Crippen LogP contribution is -2.51. The van der Waals surface area contributed by atoms with Gasteiger partial charge in [-0.1, -0.05) is 19.1 Å². The van der Waals surface area contributed by atoms with Crippen LogP contribution in [0.4, 0.5) is 5.69 Å². The molecule has 20 heavy (non-hydrogen) atoms. The summed E-state index contributed by atoms with van der Waals surface area (Å²) in [6, 6.07) is 7.02. The van der Waals surface area contributed by atoms with Gasteiger partial charge in [0.15, 0.2) is 0 Å². The molecule has 0 aliphatic rings. The standard InChI is InChI=1S/C14H20N2O4/c1-4-14(2,13(18)19)15-9-12(17)16-10-7-5-6-8-11(10)20-3/h5-8,15H,4,9H2,1-3H3,(H,16,17)(H,18,19). The predicted octanol–water partition coefficient (Wildman–Crippen LogP) is 1.48. The first-order valence-corrected chi connectivity index (χ1v) is 6.34. The Balaban J connectivity index is 2.62. The first kappa shape index (κ1) is 16.0.